The number of nitrogens with zero attached hydrogens (tertiary/aromatic N) is 2. The van der Waals surface area contributed by atoms with Crippen LogP contribution in [-0.2, 0) is 4.79 Å². The Hall–Kier alpha value is -1.98. The summed E-state index contributed by atoms with van der Waals surface area (Å²) in [5.41, 5.74) is 5.10. The molecule has 0 unspecified atom stereocenters. The largest absolute Gasteiger partial charge is 0.318 e. The van der Waals surface area contributed by atoms with E-state index in [0.29, 0.717) is 9.93 Å². The van der Waals surface area contributed by atoms with Crippen molar-refractivity contribution >= 4 is 40.6 Å². The lowest BCUT2D eigenvalue weighted by atomic mass is 10.2. The van der Waals surface area contributed by atoms with Gasteiger partial charge in [0, 0.05) is 28.1 Å². The predicted molar refractivity (Wildman–Crippen MR) is 108 cm³/mol. The highest BCUT2D eigenvalue weighted by Gasteiger charge is 2.36. The molecule has 1 fully saturated rings. The maximum absolute atomic E-state index is 12.5. The lowest BCUT2D eigenvalue weighted by molar-refractivity contribution is -0.123. The zero-order valence-corrected chi connectivity index (χ0v) is 17.0. The van der Waals surface area contributed by atoms with Gasteiger partial charge in [-0.3, -0.25) is 14.5 Å². The Bertz CT molecular complexity index is 944. The molecular formula is C20H21ClN2O2S. The topological polar surface area (TPSA) is 42.3 Å². The average molecular weight is 389 g/mol. The van der Waals surface area contributed by atoms with E-state index in [9.17, 15) is 9.59 Å². The third kappa shape index (κ3) is 3.21. The molecule has 1 aromatic carbocycles. The number of hydrogen-bond donors (Lipinski definition) is 0. The van der Waals surface area contributed by atoms with Gasteiger partial charge in [-0.15, -0.1) is 0 Å². The standard InChI is InChI=1S/C20H21ClN2O2S/c1-11(2)22-19(24)18(26-20(22)25)9-15-8-13(4)23(14(15)5)17-10-16(21)7-6-12(17)3/h6-11H,1-5H3/b18-9+. The number of benzene rings is 1. The lowest BCUT2D eigenvalue weighted by Crippen LogP contribution is -2.34. The molecule has 0 atom stereocenters. The average Bonchev–Trinajstić information content (AvgIpc) is 2.98. The molecule has 0 radical (unpaired) electrons. The first-order valence-corrected chi connectivity index (χ1v) is 9.62. The fourth-order valence-corrected chi connectivity index (χ4v) is 4.31. The SMILES string of the molecule is Cc1ccc(Cl)cc1-n1c(C)cc(/C=C2/SC(=O)N(C(C)C)C2=O)c1C. The summed E-state index contributed by atoms with van der Waals surface area (Å²) in [4.78, 5) is 26.4. The molecule has 6 heteroatoms. The lowest BCUT2D eigenvalue weighted by Gasteiger charge is -2.16. The molecule has 0 saturated carbocycles. The molecule has 4 nitrogen and oxygen atoms in total. The van der Waals surface area contributed by atoms with Gasteiger partial charge in [0.2, 0.25) is 0 Å². The first-order valence-electron chi connectivity index (χ1n) is 8.43. The second kappa shape index (κ2) is 6.97. The summed E-state index contributed by atoms with van der Waals surface area (Å²) in [7, 11) is 0. The van der Waals surface area contributed by atoms with E-state index in [1.165, 1.54) is 4.90 Å². The number of hydrogen-bond acceptors (Lipinski definition) is 3. The molecule has 136 valence electrons. The maximum atomic E-state index is 12.5. The number of rotatable bonds is 3. The number of thioether (sulfide) groups is 1. The summed E-state index contributed by atoms with van der Waals surface area (Å²) in [5.74, 6) is -0.223. The van der Waals surface area contributed by atoms with Crippen molar-refractivity contribution in [2.45, 2.75) is 40.7 Å². The first kappa shape index (κ1) is 18.8. The first-order chi connectivity index (χ1) is 12.2. The van der Waals surface area contributed by atoms with Crippen LogP contribution in [0, 0.1) is 20.8 Å². The number of halogens is 1. The summed E-state index contributed by atoms with van der Waals surface area (Å²) in [6, 6.07) is 7.68. The van der Waals surface area contributed by atoms with Crippen LogP contribution in [0.15, 0.2) is 29.2 Å². The van der Waals surface area contributed by atoms with E-state index in [-0.39, 0.29) is 17.2 Å². The molecule has 0 N–H and O–H groups in total. The third-order valence-electron chi connectivity index (χ3n) is 4.51. The van der Waals surface area contributed by atoms with Crippen LogP contribution in [0.1, 0.15) is 36.4 Å². The zero-order chi connectivity index (χ0) is 19.2. The smallest absolute Gasteiger partial charge is 0.293 e. The molecule has 26 heavy (non-hydrogen) atoms. The van der Waals surface area contributed by atoms with Crippen molar-refractivity contribution < 1.29 is 9.59 Å². The summed E-state index contributed by atoms with van der Waals surface area (Å²) in [6.07, 6.45) is 1.81. The second-order valence-corrected chi connectivity index (χ2v) is 8.17. The van der Waals surface area contributed by atoms with Crippen molar-refractivity contribution in [3.63, 3.8) is 0 Å². The molecule has 0 aliphatic carbocycles. The van der Waals surface area contributed by atoms with Crippen molar-refractivity contribution in [1.82, 2.24) is 9.47 Å². The van der Waals surface area contributed by atoms with Gasteiger partial charge in [-0.2, -0.15) is 0 Å². The number of amides is 2. The Balaban J connectivity index is 2.06. The van der Waals surface area contributed by atoms with Gasteiger partial charge < -0.3 is 4.57 Å². The second-order valence-electron chi connectivity index (χ2n) is 6.74. The van der Waals surface area contributed by atoms with E-state index in [4.69, 9.17) is 11.6 Å². The maximum Gasteiger partial charge on any atom is 0.293 e. The number of carbonyl (C=O) groups is 2. The number of aryl methyl sites for hydroxylation is 2. The number of carbonyl (C=O) groups excluding carboxylic acids is 2. The van der Waals surface area contributed by atoms with Crippen LogP contribution < -0.4 is 0 Å². The molecule has 0 bridgehead atoms. The van der Waals surface area contributed by atoms with E-state index in [1.54, 1.807) is 0 Å². The van der Waals surface area contributed by atoms with Crippen molar-refractivity contribution in [2.75, 3.05) is 0 Å². The minimum Gasteiger partial charge on any atom is -0.318 e. The van der Waals surface area contributed by atoms with Gasteiger partial charge in [0.25, 0.3) is 11.1 Å². The molecule has 2 amide bonds. The van der Waals surface area contributed by atoms with Gasteiger partial charge in [-0.25, -0.2) is 0 Å². The molecule has 3 rings (SSSR count). The van der Waals surface area contributed by atoms with Gasteiger partial charge in [0.15, 0.2) is 0 Å². The van der Waals surface area contributed by atoms with Crippen LogP contribution in [0.2, 0.25) is 5.02 Å². The minimum absolute atomic E-state index is 0.144. The summed E-state index contributed by atoms with van der Waals surface area (Å²) >= 11 is 7.18. The highest BCUT2D eigenvalue weighted by Crippen LogP contribution is 2.35. The Morgan fingerprint density at radius 3 is 2.42 bits per heavy atom. The van der Waals surface area contributed by atoms with Crippen LogP contribution in [0.5, 0.6) is 0 Å². The highest BCUT2D eigenvalue weighted by molar-refractivity contribution is 8.18. The monoisotopic (exact) mass is 388 g/mol. The van der Waals surface area contributed by atoms with Crippen molar-refractivity contribution in [3.05, 3.63) is 56.7 Å². The van der Waals surface area contributed by atoms with Gasteiger partial charge >= 0.3 is 0 Å². The van der Waals surface area contributed by atoms with Crippen LogP contribution in [0.3, 0.4) is 0 Å². The van der Waals surface area contributed by atoms with Crippen LogP contribution in [0.25, 0.3) is 11.8 Å². The van der Waals surface area contributed by atoms with E-state index >= 15 is 0 Å². The molecule has 1 aliphatic rings. The minimum atomic E-state index is -0.223. The Labute approximate surface area is 162 Å². The zero-order valence-electron chi connectivity index (χ0n) is 15.5. The number of imide groups is 1. The van der Waals surface area contributed by atoms with Gasteiger partial charge in [0.1, 0.15) is 0 Å². The van der Waals surface area contributed by atoms with Gasteiger partial charge in [-0.1, -0.05) is 17.7 Å². The van der Waals surface area contributed by atoms with Crippen molar-refractivity contribution in [2.24, 2.45) is 0 Å². The van der Waals surface area contributed by atoms with E-state index < -0.39 is 0 Å². The Morgan fingerprint density at radius 2 is 1.81 bits per heavy atom. The van der Waals surface area contributed by atoms with Crippen molar-refractivity contribution in [3.8, 4) is 5.69 Å². The van der Waals surface area contributed by atoms with Gasteiger partial charge in [-0.05, 0) is 81.8 Å². The van der Waals surface area contributed by atoms with E-state index in [2.05, 4.69) is 4.57 Å². The highest BCUT2D eigenvalue weighted by atomic mass is 35.5. The van der Waals surface area contributed by atoms with Gasteiger partial charge in [0.05, 0.1) is 4.91 Å². The molecule has 1 saturated heterocycles. The third-order valence-corrected chi connectivity index (χ3v) is 5.63. The van der Waals surface area contributed by atoms with E-state index in [0.717, 1.165) is 40.0 Å². The molecule has 0 spiro atoms. The normalized spacial score (nSPS) is 16.4. The predicted octanol–water partition coefficient (Wildman–Crippen LogP) is 5.50. The van der Waals surface area contributed by atoms with Crippen LogP contribution in [0.4, 0.5) is 4.79 Å². The summed E-state index contributed by atoms with van der Waals surface area (Å²) in [5, 5.41) is 0.466. The molecule has 2 aromatic rings. The summed E-state index contributed by atoms with van der Waals surface area (Å²) in [6.45, 7) is 9.74. The Kier molecular flexibility index (Phi) is 5.04. The fourth-order valence-electron chi connectivity index (χ4n) is 3.19. The molecule has 1 aromatic heterocycles. The summed E-state index contributed by atoms with van der Waals surface area (Å²) < 4.78 is 2.12. The molecule has 1 aliphatic heterocycles. The Morgan fingerprint density at radius 1 is 1.12 bits per heavy atom. The molecule has 2 heterocycles. The van der Waals surface area contributed by atoms with Crippen LogP contribution in [-0.4, -0.2) is 26.7 Å². The van der Waals surface area contributed by atoms with E-state index in [1.807, 2.05) is 65.0 Å². The fraction of sp³-hybridized carbons (Fsp3) is 0.300. The molecular weight excluding hydrogens is 368 g/mol. The quantitative estimate of drug-likeness (QED) is 0.652. The van der Waals surface area contributed by atoms with Crippen molar-refractivity contribution in [1.29, 1.82) is 0 Å². The van der Waals surface area contributed by atoms with Crippen LogP contribution >= 0.6 is 23.4 Å². The number of aromatic nitrogens is 1.